The second-order valence-corrected chi connectivity index (χ2v) is 7.38. The first-order chi connectivity index (χ1) is 15.5. The van der Waals surface area contributed by atoms with E-state index in [4.69, 9.17) is 18.7 Å². The number of hydrogen-bond donors (Lipinski definition) is 0. The Labute approximate surface area is 186 Å². The Bertz CT molecular complexity index is 1060. The number of ether oxygens (including phenoxy) is 3. The third-order valence-electron chi connectivity index (χ3n) is 5.50. The van der Waals surface area contributed by atoms with E-state index in [2.05, 4.69) is 15.0 Å². The molecule has 1 amide bonds. The molecule has 0 bridgehead atoms. The largest absolute Gasteiger partial charge is 0.493 e. The third-order valence-corrected chi connectivity index (χ3v) is 5.50. The van der Waals surface area contributed by atoms with Gasteiger partial charge in [0.15, 0.2) is 11.5 Å². The molecule has 1 saturated heterocycles. The fourth-order valence-electron chi connectivity index (χ4n) is 3.79. The lowest BCUT2D eigenvalue weighted by Gasteiger charge is -2.36. The maximum Gasteiger partial charge on any atom is 0.254 e. The van der Waals surface area contributed by atoms with Crippen LogP contribution in [0.3, 0.4) is 0 Å². The fraction of sp³-hybridized carbons (Fsp3) is 0.348. The summed E-state index contributed by atoms with van der Waals surface area (Å²) in [7, 11) is 4.61. The molecule has 168 valence electrons. The molecule has 0 atom stereocenters. The maximum absolute atomic E-state index is 13.1. The van der Waals surface area contributed by atoms with Gasteiger partial charge in [0.05, 0.1) is 21.3 Å². The molecule has 0 unspecified atom stereocenters. The lowest BCUT2D eigenvalue weighted by atomic mass is 10.1. The minimum Gasteiger partial charge on any atom is -0.493 e. The van der Waals surface area contributed by atoms with Crippen LogP contribution in [-0.2, 0) is 0 Å². The average molecular weight is 438 g/mol. The van der Waals surface area contributed by atoms with E-state index in [9.17, 15) is 4.79 Å². The molecule has 9 heteroatoms. The van der Waals surface area contributed by atoms with Gasteiger partial charge in [-0.15, -0.1) is 0 Å². The Balaban J connectivity index is 1.43. The van der Waals surface area contributed by atoms with Crippen LogP contribution in [0.15, 0.2) is 40.9 Å². The number of methoxy groups -OCH3 is 3. The number of anilines is 1. The lowest BCUT2D eigenvalue weighted by Crippen LogP contribution is -2.48. The Morgan fingerprint density at radius 2 is 1.56 bits per heavy atom. The van der Waals surface area contributed by atoms with Crippen molar-refractivity contribution in [2.45, 2.75) is 6.92 Å². The molecule has 0 spiro atoms. The van der Waals surface area contributed by atoms with Crippen LogP contribution in [0, 0.1) is 6.92 Å². The highest BCUT2D eigenvalue weighted by molar-refractivity contribution is 5.95. The molecule has 0 aliphatic carbocycles. The van der Waals surface area contributed by atoms with Gasteiger partial charge in [0.2, 0.25) is 17.5 Å². The second-order valence-electron chi connectivity index (χ2n) is 7.38. The molecule has 1 fully saturated rings. The predicted molar refractivity (Wildman–Crippen MR) is 119 cm³/mol. The molecule has 9 nitrogen and oxygen atoms in total. The molecule has 32 heavy (non-hydrogen) atoms. The summed E-state index contributed by atoms with van der Waals surface area (Å²) < 4.78 is 21.1. The number of amides is 1. The van der Waals surface area contributed by atoms with Crippen molar-refractivity contribution < 1.29 is 23.5 Å². The summed E-state index contributed by atoms with van der Waals surface area (Å²) in [4.78, 5) is 21.5. The van der Waals surface area contributed by atoms with Crippen molar-refractivity contribution in [3.8, 4) is 28.6 Å². The molecule has 1 aliphatic rings. The number of piperazine rings is 1. The van der Waals surface area contributed by atoms with E-state index >= 15 is 0 Å². The molecule has 0 N–H and O–H groups in total. The van der Waals surface area contributed by atoms with E-state index in [1.165, 1.54) is 21.3 Å². The monoisotopic (exact) mass is 438 g/mol. The smallest absolute Gasteiger partial charge is 0.254 e. The van der Waals surface area contributed by atoms with Crippen LogP contribution in [0.2, 0.25) is 0 Å². The average Bonchev–Trinajstić information content (AvgIpc) is 3.29. The van der Waals surface area contributed by atoms with Crippen LogP contribution in [0.1, 0.15) is 16.2 Å². The lowest BCUT2D eigenvalue weighted by molar-refractivity contribution is 0.0746. The SMILES string of the molecule is COc1cc(C(=O)N2CCN(c3ccc(-c4noc(C)n4)cc3)CC2)cc(OC)c1OC. The van der Waals surface area contributed by atoms with Crippen LogP contribution >= 0.6 is 0 Å². The molecule has 2 aromatic carbocycles. The van der Waals surface area contributed by atoms with E-state index in [0.717, 1.165) is 24.3 Å². The van der Waals surface area contributed by atoms with Gasteiger partial charge in [-0.05, 0) is 36.4 Å². The normalized spacial score (nSPS) is 13.8. The summed E-state index contributed by atoms with van der Waals surface area (Å²) in [6.07, 6.45) is 0. The minimum atomic E-state index is -0.0632. The van der Waals surface area contributed by atoms with Crippen molar-refractivity contribution in [3.05, 3.63) is 47.9 Å². The van der Waals surface area contributed by atoms with Gasteiger partial charge in [0.1, 0.15) is 0 Å². The van der Waals surface area contributed by atoms with Crippen LogP contribution in [0.25, 0.3) is 11.4 Å². The highest BCUT2D eigenvalue weighted by atomic mass is 16.5. The molecular formula is C23H26N4O5. The number of aryl methyl sites for hydroxylation is 1. The summed E-state index contributed by atoms with van der Waals surface area (Å²) >= 11 is 0. The van der Waals surface area contributed by atoms with Gasteiger partial charge in [0.25, 0.3) is 5.91 Å². The quantitative estimate of drug-likeness (QED) is 0.580. The molecule has 4 rings (SSSR count). The van der Waals surface area contributed by atoms with Crippen molar-refractivity contribution in [2.75, 3.05) is 52.4 Å². The van der Waals surface area contributed by atoms with E-state index < -0.39 is 0 Å². The zero-order valence-corrected chi connectivity index (χ0v) is 18.6. The molecule has 2 heterocycles. The highest BCUT2D eigenvalue weighted by Crippen LogP contribution is 2.38. The topological polar surface area (TPSA) is 90.2 Å². The van der Waals surface area contributed by atoms with E-state index in [-0.39, 0.29) is 5.91 Å². The molecule has 0 radical (unpaired) electrons. The molecule has 1 aliphatic heterocycles. The molecule has 1 aromatic heterocycles. The van der Waals surface area contributed by atoms with Crippen LogP contribution in [0.5, 0.6) is 17.2 Å². The van der Waals surface area contributed by atoms with Crippen molar-refractivity contribution in [1.29, 1.82) is 0 Å². The Morgan fingerprint density at radius 1 is 0.938 bits per heavy atom. The van der Waals surface area contributed by atoms with Gasteiger partial charge in [-0.25, -0.2) is 0 Å². The number of hydrogen-bond acceptors (Lipinski definition) is 8. The van der Waals surface area contributed by atoms with Gasteiger partial charge in [-0.3, -0.25) is 4.79 Å². The van der Waals surface area contributed by atoms with Crippen LogP contribution < -0.4 is 19.1 Å². The first kappa shape index (κ1) is 21.5. The maximum atomic E-state index is 13.1. The third kappa shape index (κ3) is 4.18. The van der Waals surface area contributed by atoms with Crippen molar-refractivity contribution >= 4 is 11.6 Å². The van der Waals surface area contributed by atoms with E-state index in [1.54, 1.807) is 19.1 Å². The second kappa shape index (κ2) is 9.17. The number of carbonyl (C=O) groups is 1. The van der Waals surface area contributed by atoms with Crippen LogP contribution in [-0.4, -0.2) is 68.5 Å². The van der Waals surface area contributed by atoms with Crippen molar-refractivity contribution in [2.24, 2.45) is 0 Å². The summed E-state index contributed by atoms with van der Waals surface area (Å²) in [6, 6.07) is 11.4. The highest BCUT2D eigenvalue weighted by Gasteiger charge is 2.25. The first-order valence-corrected chi connectivity index (χ1v) is 10.3. The van der Waals surface area contributed by atoms with Crippen LogP contribution in [0.4, 0.5) is 5.69 Å². The number of nitrogens with zero attached hydrogens (tertiary/aromatic N) is 4. The van der Waals surface area contributed by atoms with Crippen molar-refractivity contribution in [1.82, 2.24) is 15.0 Å². The molecule has 3 aromatic rings. The van der Waals surface area contributed by atoms with E-state index in [0.29, 0.717) is 47.6 Å². The first-order valence-electron chi connectivity index (χ1n) is 10.3. The Morgan fingerprint density at radius 3 is 2.06 bits per heavy atom. The van der Waals surface area contributed by atoms with Gasteiger partial charge in [-0.2, -0.15) is 4.98 Å². The number of aromatic nitrogens is 2. The van der Waals surface area contributed by atoms with Gasteiger partial charge in [-0.1, -0.05) is 5.16 Å². The predicted octanol–water partition coefficient (Wildman–Crippen LogP) is 3.03. The summed E-state index contributed by atoms with van der Waals surface area (Å²) in [5.74, 6) is 2.45. The van der Waals surface area contributed by atoms with Gasteiger partial charge >= 0.3 is 0 Å². The summed E-state index contributed by atoms with van der Waals surface area (Å²) in [5.41, 5.74) is 2.50. The zero-order chi connectivity index (χ0) is 22.7. The standard InChI is InChI=1S/C23H26N4O5/c1-15-24-22(25-32-15)16-5-7-18(8-6-16)26-9-11-27(12-10-26)23(28)17-13-19(29-2)21(31-4)20(14-17)30-3/h5-8,13-14H,9-12H2,1-4H3. The fourth-order valence-corrected chi connectivity index (χ4v) is 3.79. The van der Waals surface area contributed by atoms with Gasteiger partial charge < -0.3 is 28.5 Å². The van der Waals surface area contributed by atoms with Gasteiger partial charge in [0, 0.05) is 49.9 Å². The van der Waals surface area contributed by atoms with Crippen molar-refractivity contribution in [3.63, 3.8) is 0 Å². The van der Waals surface area contributed by atoms with E-state index in [1.807, 2.05) is 29.2 Å². The molecule has 0 saturated carbocycles. The zero-order valence-electron chi connectivity index (χ0n) is 18.6. The summed E-state index contributed by atoms with van der Waals surface area (Å²) in [5, 5.41) is 3.95. The Hall–Kier alpha value is -3.75. The minimum absolute atomic E-state index is 0.0632. The number of benzene rings is 2. The summed E-state index contributed by atoms with van der Waals surface area (Å²) in [6.45, 7) is 4.46. The number of carbonyl (C=O) groups excluding carboxylic acids is 1. The molecular weight excluding hydrogens is 412 g/mol. The number of rotatable bonds is 6. The Kier molecular flexibility index (Phi) is 6.16.